The third kappa shape index (κ3) is 6.04. The number of benzene rings is 2. The number of carbonyl (C=O) groups is 1. The van der Waals surface area contributed by atoms with Crippen LogP contribution in [0, 0.1) is 0 Å². The fourth-order valence-corrected chi connectivity index (χ4v) is 3.25. The summed E-state index contributed by atoms with van der Waals surface area (Å²) in [5.74, 6) is 0.206. The summed E-state index contributed by atoms with van der Waals surface area (Å²) in [5.41, 5.74) is 0.544. The van der Waals surface area contributed by atoms with Gasteiger partial charge in [-0.1, -0.05) is 17.7 Å². The van der Waals surface area contributed by atoms with E-state index >= 15 is 0 Å². The van der Waals surface area contributed by atoms with Gasteiger partial charge in [0.2, 0.25) is 15.9 Å². The fourth-order valence-electron chi connectivity index (χ4n) is 1.97. The molecule has 6 nitrogen and oxygen atoms in total. The lowest BCUT2D eigenvalue weighted by Crippen LogP contribution is -2.32. The maximum absolute atomic E-state index is 12.1. The minimum Gasteiger partial charge on any atom is -0.491 e. The summed E-state index contributed by atoms with van der Waals surface area (Å²) in [6.07, 6.45) is 0.0568. The van der Waals surface area contributed by atoms with Gasteiger partial charge in [-0.25, -0.2) is 13.1 Å². The SMILES string of the molecule is CC(C)Oc1ccc(NC(=O)CNS(=O)(=O)c2cccc(Cl)c2)cc1. The van der Waals surface area contributed by atoms with Crippen LogP contribution in [-0.2, 0) is 14.8 Å². The Kier molecular flexibility index (Phi) is 6.41. The largest absolute Gasteiger partial charge is 0.491 e. The highest BCUT2D eigenvalue weighted by atomic mass is 35.5. The van der Waals surface area contributed by atoms with Gasteiger partial charge in [0.1, 0.15) is 5.75 Å². The van der Waals surface area contributed by atoms with E-state index in [1.807, 2.05) is 13.8 Å². The number of nitrogens with one attached hydrogen (secondary N) is 2. The molecule has 2 rings (SSSR count). The third-order valence-electron chi connectivity index (χ3n) is 3.04. The summed E-state index contributed by atoms with van der Waals surface area (Å²) in [5, 5.41) is 2.91. The van der Waals surface area contributed by atoms with Crippen LogP contribution in [0.1, 0.15) is 13.8 Å². The van der Waals surface area contributed by atoms with E-state index in [-0.39, 0.29) is 17.5 Å². The second-order valence-corrected chi connectivity index (χ2v) is 7.72. The highest BCUT2D eigenvalue weighted by Crippen LogP contribution is 2.17. The molecule has 0 aliphatic heterocycles. The monoisotopic (exact) mass is 382 g/mol. The molecule has 0 aromatic heterocycles. The summed E-state index contributed by atoms with van der Waals surface area (Å²) in [6, 6.07) is 12.6. The first-order valence-electron chi connectivity index (χ1n) is 7.58. The van der Waals surface area contributed by atoms with Crippen molar-refractivity contribution < 1.29 is 17.9 Å². The number of hydrogen-bond donors (Lipinski definition) is 2. The number of halogens is 1. The first kappa shape index (κ1) is 19.2. The Morgan fingerprint density at radius 1 is 1.16 bits per heavy atom. The molecule has 0 atom stereocenters. The highest BCUT2D eigenvalue weighted by Gasteiger charge is 2.15. The molecule has 0 saturated carbocycles. The number of anilines is 1. The van der Waals surface area contributed by atoms with Crippen molar-refractivity contribution in [1.29, 1.82) is 0 Å². The molecule has 1 amide bonds. The summed E-state index contributed by atoms with van der Waals surface area (Å²) in [6.45, 7) is 3.45. The molecule has 0 spiro atoms. The Balaban J connectivity index is 1.92. The van der Waals surface area contributed by atoms with Crippen LogP contribution in [-0.4, -0.2) is 27.0 Å². The van der Waals surface area contributed by atoms with Gasteiger partial charge in [0.25, 0.3) is 0 Å². The lowest BCUT2D eigenvalue weighted by atomic mass is 10.3. The number of carbonyl (C=O) groups excluding carboxylic acids is 1. The molecule has 0 fully saturated rings. The zero-order valence-electron chi connectivity index (χ0n) is 13.8. The quantitative estimate of drug-likeness (QED) is 0.770. The van der Waals surface area contributed by atoms with Crippen molar-refractivity contribution in [1.82, 2.24) is 4.72 Å². The molecule has 0 aliphatic rings. The lowest BCUT2D eigenvalue weighted by molar-refractivity contribution is -0.115. The van der Waals surface area contributed by atoms with E-state index in [0.29, 0.717) is 16.5 Å². The van der Waals surface area contributed by atoms with Gasteiger partial charge in [-0.15, -0.1) is 0 Å². The van der Waals surface area contributed by atoms with Gasteiger partial charge in [-0.2, -0.15) is 0 Å². The van der Waals surface area contributed by atoms with Crippen LogP contribution in [0.2, 0.25) is 5.02 Å². The standard InChI is InChI=1S/C17H19ClN2O4S/c1-12(2)24-15-8-6-14(7-9-15)20-17(21)11-19-25(22,23)16-5-3-4-13(18)10-16/h3-10,12,19H,11H2,1-2H3,(H,20,21). The molecule has 8 heteroatoms. The number of sulfonamides is 1. The van der Waals surface area contributed by atoms with E-state index < -0.39 is 15.9 Å². The number of hydrogen-bond acceptors (Lipinski definition) is 4. The average Bonchev–Trinajstić information content (AvgIpc) is 2.54. The summed E-state index contributed by atoms with van der Waals surface area (Å²) >= 11 is 5.78. The molecule has 0 aliphatic carbocycles. The smallest absolute Gasteiger partial charge is 0.241 e. The van der Waals surface area contributed by atoms with Crippen LogP contribution in [0.4, 0.5) is 5.69 Å². The Hall–Kier alpha value is -2.09. The molecule has 134 valence electrons. The van der Waals surface area contributed by atoms with Gasteiger partial charge in [0.05, 0.1) is 17.5 Å². The molecular formula is C17H19ClN2O4S. The first-order chi connectivity index (χ1) is 11.8. The second-order valence-electron chi connectivity index (χ2n) is 5.52. The van der Waals surface area contributed by atoms with Gasteiger partial charge in [-0.3, -0.25) is 4.79 Å². The molecule has 0 heterocycles. The number of ether oxygens (including phenoxy) is 1. The number of rotatable bonds is 7. The van der Waals surface area contributed by atoms with Crippen LogP contribution >= 0.6 is 11.6 Å². The lowest BCUT2D eigenvalue weighted by Gasteiger charge is -2.11. The summed E-state index contributed by atoms with van der Waals surface area (Å²) < 4.78 is 32.0. The Morgan fingerprint density at radius 2 is 1.84 bits per heavy atom. The molecule has 2 aromatic rings. The molecule has 0 saturated heterocycles. The Labute approximate surface area is 152 Å². The van der Waals surface area contributed by atoms with Crippen molar-refractivity contribution >= 4 is 33.2 Å². The maximum Gasteiger partial charge on any atom is 0.241 e. The van der Waals surface area contributed by atoms with Crippen LogP contribution in [0.3, 0.4) is 0 Å². The molecule has 0 radical (unpaired) electrons. The third-order valence-corrected chi connectivity index (χ3v) is 4.67. The van der Waals surface area contributed by atoms with Gasteiger partial charge in [-0.05, 0) is 56.3 Å². The molecule has 0 bridgehead atoms. The molecule has 2 N–H and O–H groups in total. The van der Waals surface area contributed by atoms with Crippen molar-refractivity contribution in [2.45, 2.75) is 24.8 Å². The zero-order valence-corrected chi connectivity index (χ0v) is 15.4. The Morgan fingerprint density at radius 3 is 2.44 bits per heavy atom. The van der Waals surface area contributed by atoms with Crippen LogP contribution in [0.5, 0.6) is 5.75 Å². The molecule has 25 heavy (non-hydrogen) atoms. The van der Waals surface area contributed by atoms with Crippen LogP contribution in [0.25, 0.3) is 0 Å². The van der Waals surface area contributed by atoms with Crippen LogP contribution < -0.4 is 14.8 Å². The maximum atomic E-state index is 12.1. The number of amides is 1. The van der Waals surface area contributed by atoms with E-state index in [2.05, 4.69) is 10.0 Å². The normalized spacial score (nSPS) is 11.4. The van der Waals surface area contributed by atoms with Crippen molar-refractivity contribution in [2.75, 3.05) is 11.9 Å². The zero-order chi connectivity index (χ0) is 18.4. The van der Waals surface area contributed by atoms with Gasteiger partial charge >= 0.3 is 0 Å². The van der Waals surface area contributed by atoms with Crippen molar-refractivity contribution in [3.05, 3.63) is 53.6 Å². The van der Waals surface area contributed by atoms with Gasteiger partial charge in [0, 0.05) is 10.7 Å². The fraction of sp³-hybridized carbons (Fsp3) is 0.235. The van der Waals surface area contributed by atoms with Crippen molar-refractivity contribution in [2.24, 2.45) is 0 Å². The average molecular weight is 383 g/mol. The Bertz CT molecular complexity index is 836. The first-order valence-corrected chi connectivity index (χ1v) is 9.44. The van der Waals surface area contributed by atoms with E-state index in [0.717, 1.165) is 0 Å². The van der Waals surface area contributed by atoms with Crippen molar-refractivity contribution in [3.63, 3.8) is 0 Å². The summed E-state index contributed by atoms with van der Waals surface area (Å²) in [7, 11) is -3.81. The van der Waals surface area contributed by atoms with Gasteiger partial charge in [0.15, 0.2) is 0 Å². The van der Waals surface area contributed by atoms with E-state index in [4.69, 9.17) is 16.3 Å². The van der Waals surface area contributed by atoms with Crippen molar-refractivity contribution in [3.8, 4) is 5.75 Å². The molecule has 2 aromatic carbocycles. The van der Waals surface area contributed by atoms with E-state index in [1.54, 1.807) is 30.3 Å². The molecular weight excluding hydrogens is 364 g/mol. The topological polar surface area (TPSA) is 84.5 Å². The predicted molar refractivity (Wildman–Crippen MR) is 97.5 cm³/mol. The molecule has 0 unspecified atom stereocenters. The van der Waals surface area contributed by atoms with E-state index in [1.165, 1.54) is 18.2 Å². The summed E-state index contributed by atoms with van der Waals surface area (Å²) in [4.78, 5) is 11.9. The minimum absolute atomic E-state index is 0.00277. The predicted octanol–water partition coefficient (Wildman–Crippen LogP) is 3.04. The van der Waals surface area contributed by atoms with E-state index in [9.17, 15) is 13.2 Å². The van der Waals surface area contributed by atoms with Crippen LogP contribution in [0.15, 0.2) is 53.4 Å². The highest BCUT2D eigenvalue weighted by molar-refractivity contribution is 7.89. The minimum atomic E-state index is -3.81. The second kappa shape index (κ2) is 8.33. The van der Waals surface area contributed by atoms with Gasteiger partial charge < -0.3 is 10.1 Å².